The molecule has 1 heterocycles. The summed E-state index contributed by atoms with van der Waals surface area (Å²) < 4.78 is 43.3. The van der Waals surface area contributed by atoms with Crippen LogP contribution in [-0.4, -0.2) is 33.6 Å². The zero-order valence-electron chi connectivity index (χ0n) is 13.3. The second-order valence-electron chi connectivity index (χ2n) is 6.25. The summed E-state index contributed by atoms with van der Waals surface area (Å²) in [5.74, 6) is 0.382. The number of carbonyl (C=O) groups excluding carboxylic acids is 1. The van der Waals surface area contributed by atoms with E-state index in [4.69, 9.17) is 4.74 Å². The number of fused-ring (bicyclic) bond motifs is 1. The van der Waals surface area contributed by atoms with Gasteiger partial charge in [0, 0.05) is 7.05 Å². The van der Waals surface area contributed by atoms with E-state index >= 15 is 0 Å². The van der Waals surface area contributed by atoms with Crippen molar-refractivity contribution in [3.05, 3.63) is 29.6 Å². The lowest BCUT2D eigenvalue weighted by molar-refractivity contribution is -0.137. The number of ether oxygens (including phenoxy) is 1. The number of nitrogens with one attached hydrogen (secondary N) is 1. The number of hydrogen-bond donors (Lipinski definition) is 1. The van der Waals surface area contributed by atoms with Crippen LogP contribution in [-0.2, 0) is 17.5 Å². The van der Waals surface area contributed by atoms with Crippen LogP contribution in [0.3, 0.4) is 0 Å². The van der Waals surface area contributed by atoms with Gasteiger partial charge in [-0.15, -0.1) is 0 Å². The van der Waals surface area contributed by atoms with Gasteiger partial charge in [-0.1, -0.05) is 0 Å². The number of imidazole rings is 1. The van der Waals surface area contributed by atoms with Crippen molar-refractivity contribution in [1.29, 1.82) is 0 Å². The molecule has 1 aromatic heterocycles. The van der Waals surface area contributed by atoms with Crippen LogP contribution in [0.25, 0.3) is 11.0 Å². The summed E-state index contributed by atoms with van der Waals surface area (Å²) in [4.78, 5) is 20.2. The highest BCUT2D eigenvalue weighted by atomic mass is 19.4. The topological polar surface area (TPSA) is 58.2 Å². The van der Waals surface area contributed by atoms with Crippen molar-refractivity contribution in [2.45, 2.75) is 39.1 Å². The van der Waals surface area contributed by atoms with Gasteiger partial charge in [-0.2, -0.15) is 13.2 Å². The normalized spacial score (nSPS) is 12.5. The van der Waals surface area contributed by atoms with Gasteiger partial charge >= 0.3 is 12.3 Å². The molecule has 2 aromatic rings. The van der Waals surface area contributed by atoms with Gasteiger partial charge in [0.15, 0.2) is 0 Å². The minimum absolute atomic E-state index is 0.102. The van der Waals surface area contributed by atoms with Crippen LogP contribution in [0.4, 0.5) is 18.0 Å². The van der Waals surface area contributed by atoms with Crippen molar-refractivity contribution in [2.24, 2.45) is 0 Å². The molecular weight excluding hydrogens is 311 g/mol. The van der Waals surface area contributed by atoms with E-state index < -0.39 is 23.4 Å². The van der Waals surface area contributed by atoms with Crippen LogP contribution in [0.2, 0.25) is 0 Å². The number of H-pyrrole nitrogens is 1. The Bertz CT molecular complexity index is 717. The lowest BCUT2D eigenvalue weighted by atomic mass is 10.2. The molecule has 1 aromatic carbocycles. The van der Waals surface area contributed by atoms with Gasteiger partial charge in [0.05, 0.1) is 23.1 Å². The zero-order chi connectivity index (χ0) is 17.4. The maximum atomic E-state index is 12.7. The number of benzene rings is 1. The summed E-state index contributed by atoms with van der Waals surface area (Å²) in [6.07, 6.45) is -4.94. The van der Waals surface area contributed by atoms with E-state index in [0.29, 0.717) is 11.3 Å². The Morgan fingerprint density at radius 3 is 2.52 bits per heavy atom. The molecular formula is C15H18F3N3O2. The Morgan fingerprint density at radius 2 is 1.96 bits per heavy atom. The number of halogens is 3. The quantitative estimate of drug-likeness (QED) is 0.907. The second kappa shape index (κ2) is 5.75. The molecule has 0 unspecified atom stereocenters. The Labute approximate surface area is 131 Å². The molecule has 0 fully saturated rings. The highest BCUT2D eigenvalue weighted by Crippen LogP contribution is 2.30. The molecule has 126 valence electrons. The van der Waals surface area contributed by atoms with Gasteiger partial charge in [-0.3, -0.25) is 0 Å². The average molecular weight is 329 g/mol. The molecule has 0 aliphatic rings. The van der Waals surface area contributed by atoms with E-state index in [1.807, 2.05) is 0 Å². The Morgan fingerprint density at radius 1 is 1.30 bits per heavy atom. The molecule has 2 rings (SSSR count). The van der Waals surface area contributed by atoms with Crippen LogP contribution in [0.15, 0.2) is 18.2 Å². The summed E-state index contributed by atoms with van der Waals surface area (Å²) in [6, 6.07) is 3.27. The lowest BCUT2D eigenvalue weighted by Gasteiger charge is -2.24. The minimum Gasteiger partial charge on any atom is -0.444 e. The molecule has 23 heavy (non-hydrogen) atoms. The number of alkyl halides is 3. The van der Waals surface area contributed by atoms with Crippen molar-refractivity contribution in [2.75, 3.05) is 7.05 Å². The summed E-state index contributed by atoms with van der Waals surface area (Å²) in [6.45, 7) is 5.35. The van der Waals surface area contributed by atoms with E-state index in [1.54, 1.807) is 20.8 Å². The summed E-state index contributed by atoms with van der Waals surface area (Å²) in [5.41, 5.74) is -0.695. The second-order valence-corrected chi connectivity index (χ2v) is 6.25. The van der Waals surface area contributed by atoms with Gasteiger partial charge < -0.3 is 14.6 Å². The number of amides is 1. The van der Waals surface area contributed by atoms with Gasteiger partial charge in [-0.05, 0) is 39.0 Å². The van der Waals surface area contributed by atoms with E-state index in [2.05, 4.69) is 9.97 Å². The van der Waals surface area contributed by atoms with Crippen LogP contribution >= 0.6 is 0 Å². The highest BCUT2D eigenvalue weighted by Gasteiger charge is 2.30. The first-order valence-corrected chi connectivity index (χ1v) is 6.96. The van der Waals surface area contributed by atoms with Crippen molar-refractivity contribution >= 4 is 17.1 Å². The lowest BCUT2D eigenvalue weighted by Crippen LogP contribution is -2.34. The van der Waals surface area contributed by atoms with Crippen molar-refractivity contribution in [3.8, 4) is 0 Å². The molecule has 0 saturated heterocycles. The molecule has 0 bridgehead atoms. The molecule has 0 aliphatic heterocycles. The number of rotatable bonds is 2. The first kappa shape index (κ1) is 17.1. The maximum absolute atomic E-state index is 12.7. The van der Waals surface area contributed by atoms with Crippen molar-refractivity contribution < 1.29 is 22.7 Å². The summed E-state index contributed by atoms with van der Waals surface area (Å²) >= 11 is 0. The zero-order valence-corrected chi connectivity index (χ0v) is 13.3. The van der Waals surface area contributed by atoms with Gasteiger partial charge in [0.25, 0.3) is 0 Å². The fourth-order valence-electron chi connectivity index (χ4n) is 1.94. The summed E-state index contributed by atoms with van der Waals surface area (Å²) in [7, 11) is 1.53. The Hall–Kier alpha value is -2.25. The largest absolute Gasteiger partial charge is 0.444 e. The molecule has 0 saturated carbocycles. The van der Waals surface area contributed by atoms with Crippen LogP contribution in [0.5, 0.6) is 0 Å². The average Bonchev–Trinajstić information content (AvgIpc) is 2.76. The monoisotopic (exact) mass is 329 g/mol. The van der Waals surface area contributed by atoms with Crippen LogP contribution < -0.4 is 0 Å². The fourth-order valence-corrected chi connectivity index (χ4v) is 1.94. The molecule has 1 N–H and O–H groups in total. The van der Waals surface area contributed by atoms with E-state index in [1.165, 1.54) is 18.0 Å². The molecule has 5 nitrogen and oxygen atoms in total. The van der Waals surface area contributed by atoms with Gasteiger partial charge in [0.1, 0.15) is 11.4 Å². The Balaban J connectivity index is 2.16. The summed E-state index contributed by atoms with van der Waals surface area (Å²) in [5, 5.41) is 0. The number of aromatic nitrogens is 2. The van der Waals surface area contributed by atoms with Crippen LogP contribution in [0, 0.1) is 0 Å². The molecule has 1 amide bonds. The van der Waals surface area contributed by atoms with Gasteiger partial charge in [0.2, 0.25) is 0 Å². The smallest absolute Gasteiger partial charge is 0.416 e. The number of nitrogens with zero attached hydrogens (tertiary/aromatic N) is 2. The highest BCUT2D eigenvalue weighted by molar-refractivity contribution is 5.76. The van der Waals surface area contributed by atoms with Crippen molar-refractivity contribution in [1.82, 2.24) is 14.9 Å². The van der Waals surface area contributed by atoms with Crippen LogP contribution in [0.1, 0.15) is 32.2 Å². The third-order valence-electron chi connectivity index (χ3n) is 2.95. The van der Waals surface area contributed by atoms with E-state index in [9.17, 15) is 18.0 Å². The molecule has 0 atom stereocenters. The third-order valence-corrected chi connectivity index (χ3v) is 2.95. The van der Waals surface area contributed by atoms with Crippen molar-refractivity contribution in [3.63, 3.8) is 0 Å². The molecule has 0 radical (unpaired) electrons. The Kier molecular flexibility index (Phi) is 4.28. The van der Waals surface area contributed by atoms with E-state index in [-0.39, 0.29) is 12.1 Å². The van der Waals surface area contributed by atoms with Gasteiger partial charge in [-0.25, -0.2) is 9.78 Å². The predicted molar refractivity (Wildman–Crippen MR) is 78.8 cm³/mol. The number of hydrogen-bond acceptors (Lipinski definition) is 3. The number of aromatic amines is 1. The fraction of sp³-hybridized carbons (Fsp3) is 0.467. The van der Waals surface area contributed by atoms with E-state index in [0.717, 1.165) is 12.1 Å². The SMILES string of the molecule is CN(Cc1nc2ccc(C(F)(F)F)cc2[nH]1)C(=O)OC(C)(C)C. The molecule has 0 aliphatic carbocycles. The first-order chi connectivity index (χ1) is 10.5. The third kappa shape index (κ3) is 4.37. The molecule has 8 heteroatoms. The standard InChI is InChI=1S/C15H18F3N3O2/c1-14(2,3)23-13(22)21(4)8-12-19-10-6-5-9(15(16,17)18)7-11(10)20-12/h5-7H,8H2,1-4H3,(H,19,20). The molecule has 0 spiro atoms. The predicted octanol–water partition coefficient (Wildman–Crippen LogP) is 3.95. The minimum atomic E-state index is -4.41. The number of carbonyl (C=O) groups is 1. The maximum Gasteiger partial charge on any atom is 0.416 e. The first-order valence-electron chi connectivity index (χ1n) is 6.96.